The fourth-order valence-corrected chi connectivity index (χ4v) is 3.60. The van der Waals surface area contributed by atoms with E-state index >= 15 is 0 Å². The van der Waals surface area contributed by atoms with Crippen LogP contribution in [0.1, 0.15) is 33.6 Å². The standard InChI is InChI=1S/C15H27N3O3/c1-9-11(16)5-4-10(15(9,2)3)14(20)18-6-7-21-8-12(18)13(17)19/h9-12H,4-8,16H2,1-3H3,(H2,17,19). The first-order valence-corrected chi connectivity index (χ1v) is 7.70. The molecule has 1 saturated carbocycles. The molecule has 2 amide bonds. The van der Waals surface area contributed by atoms with Crippen LogP contribution < -0.4 is 11.5 Å². The smallest absolute Gasteiger partial charge is 0.242 e. The average molecular weight is 297 g/mol. The highest BCUT2D eigenvalue weighted by Crippen LogP contribution is 2.45. The van der Waals surface area contributed by atoms with Gasteiger partial charge < -0.3 is 21.1 Å². The van der Waals surface area contributed by atoms with Crippen molar-refractivity contribution in [1.29, 1.82) is 0 Å². The number of carbonyl (C=O) groups excluding carboxylic acids is 2. The highest BCUT2D eigenvalue weighted by Gasteiger charge is 2.47. The first kappa shape index (κ1) is 16.2. The van der Waals surface area contributed by atoms with Crippen molar-refractivity contribution in [3.63, 3.8) is 0 Å². The quantitative estimate of drug-likeness (QED) is 0.755. The SMILES string of the molecule is CC1C(N)CCC(C(=O)N2CCOCC2C(N)=O)C1(C)C. The summed E-state index contributed by atoms with van der Waals surface area (Å²) in [5.74, 6) is -0.340. The van der Waals surface area contributed by atoms with Crippen LogP contribution in [0.4, 0.5) is 0 Å². The number of rotatable bonds is 2. The second kappa shape index (κ2) is 5.93. The molecular formula is C15H27N3O3. The van der Waals surface area contributed by atoms with Gasteiger partial charge in [-0.25, -0.2) is 0 Å². The van der Waals surface area contributed by atoms with Crippen LogP contribution in [0.3, 0.4) is 0 Å². The van der Waals surface area contributed by atoms with Crippen molar-refractivity contribution in [3.05, 3.63) is 0 Å². The molecule has 1 aliphatic heterocycles. The number of morpholine rings is 1. The maximum atomic E-state index is 13.0. The molecule has 1 aliphatic carbocycles. The minimum Gasteiger partial charge on any atom is -0.377 e. The Morgan fingerprint density at radius 3 is 2.57 bits per heavy atom. The molecule has 1 saturated heterocycles. The zero-order valence-corrected chi connectivity index (χ0v) is 13.2. The molecule has 120 valence electrons. The lowest BCUT2D eigenvalue weighted by Crippen LogP contribution is -2.59. The average Bonchev–Trinajstić information content (AvgIpc) is 2.44. The zero-order valence-electron chi connectivity index (χ0n) is 13.2. The number of nitrogens with zero attached hydrogens (tertiary/aromatic N) is 1. The van der Waals surface area contributed by atoms with E-state index in [1.54, 1.807) is 4.90 Å². The molecule has 2 rings (SSSR count). The number of primary amides is 1. The van der Waals surface area contributed by atoms with Crippen molar-refractivity contribution in [2.45, 2.75) is 45.7 Å². The Morgan fingerprint density at radius 1 is 1.29 bits per heavy atom. The number of nitrogens with two attached hydrogens (primary N) is 2. The van der Waals surface area contributed by atoms with Gasteiger partial charge in [-0.05, 0) is 24.2 Å². The van der Waals surface area contributed by atoms with Crippen LogP contribution in [-0.4, -0.2) is 48.6 Å². The maximum absolute atomic E-state index is 13.0. The molecule has 4 N–H and O–H groups in total. The Hall–Kier alpha value is -1.14. The van der Waals surface area contributed by atoms with Crippen molar-refractivity contribution in [1.82, 2.24) is 4.90 Å². The number of carbonyl (C=O) groups is 2. The fraction of sp³-hybridized carbons (Fsp3) is 0.867. The van der Waals surface area contributed by atoms with Crippen LogP contribution in [-0.2, 0) is 14.3 Å². The summed E-state index contributed by atoms with van der Waals surface area (Å²) in [6.45, 7) is 7.38. The van der Waals surface area contributed by atoms with Gasteiger partial charge in [-0.2, -0.15) is 0 Å². The lowest BCUT2D eigenvalue weighted by atomic mass is 9.60. The van der Waals surface area contributed by atoms with Gasteiger partial charge in [0.25, 0.3) is 0 Å². The number of amides is 2. The summed E-state index contributed by atoms with van der Waals surface area (Å²) in [7, 11) is 0. The Bertz CT molecular complexity index is 424. The number of ether oxygens (including phenoxy) is 1. The molecule has 6 nitrogen and oxygen atoms in total. The third-order valence-electron chi connectivity index (χ3n) is 5.54. The van der Waals surface area contributed by atoms with Crippen LogP contribution >= 0.6 is 0 Å². The molecule has 0 bridgehead atoms. The van der Waals surface area contributed by atoms with Gasteiger partial charge in [0.05, 0.1) is 13.2 Å². The molecule has 2 fully saturated rings. The zero-order chi connectivity index (χ0) is 15.8. The Morgan fingerprint density at radius 2 is 1.95 bits per heavy atom. The van der Waals surface area contributed by atoms with E-state index in [1.165, 1.54) is 0 Å². The molecule has 4 unspecified atom stereocenters. The number of hydrogen-bond acceptors (Lipinski definition) is 4. The van der Waals surface area contributed by atoms with Crippen molar-refractivity contribution in [2.24, 2.45) is 28.7 Å². The van der Waals surface area contributed by atoms with E-state index in [1.807, 2.05) is 0 Å². The summed E-state index contributed by atoms with van der Waals surface area (Å²) in [5, 5.41) is 0. The first-order chi connectivity index (χ1) is 9.76. The van der Waals surface area contributed by atoms with Crippen LogP contribution in [0.25, 0.3) is 0 Å². The molecule has 0 aromatic heterocycles. The summed E-state index contributed by atoms with van der Waals surface area (Å²) in [6.07, 6.45) is 1.60. The molecule has 6 heteroatoms. The second-order valence-corrected chi connectivity index (χ2v) is 6.93. The molecule has 4 atom stereocenters. The molecule has 1 heterocycles. The number of hydrogen-bond donors (Lipinski definition) is 2. The predicted octanol–water partition coefficient (Wildman–Crippen LogP) is 0.0987. The van der Waals surface area contributed by atoms with E-state index in [2.05, 4.69) is 20.8 Å². The van der Waals surface area contributed by atoms with Gasteiger partial charge >= 0.3 is 0 Å². The van der Waals surface area contributed by atoms with Crippen molar-refractivity contribution < 1.29 is 14.3 Å². The predicted molar refractivity (Wildman–Crippen MR) is 79.2 cm³/mol. The highest BCUT2D eigenvalue weighted by atomic mass is 16.5. The maximum Gasteiger partial charge on any atom is 0.242 e. The molecule has 0 aromatic carbocycles. The Balaban J connectivity index is 2.20. The first-order valence-electron chi connectivity index (χ1n) is 7.70. The molecular weight excluding hydrogens is 270 g/mol. The van der Waals surface area contributed by atoms with Gasteiger partial charge in [0.2, 0.25) is 11.8 Å². The van der Waals surface area contributed by atoms with Gasteiger partial charge in [-0.1, -0.05) is 20.8 Å². The van der Waals surface area contributed by atoms with Gasteiger partial charge in [-0.15, -0.1) is 0 Å². The van der Waals surface area contributed by atoms with Crippen molar-refractivity contribution >= 4 is 11.8 Å². The van der Waals surface area contributed by atoms with Gasteiger partial charge in [-0.3, -0.25) is 9.59 Å². The normalized spacial score (nSPS) is 36.3. The largest absolute Gasteiger partial charge is 0.377 e. The summed E-state index contributed by atoms with van der Waals surface area (Å²) in [4.78, 5) is 26.1. The van der Waals surface area contributed by atoms with Crippen LogP contribution in [0.2, 0.25) is 0 Å². The van der Waals surface area contributed by atoms with Gasteiger partial charge in [0.1, 0.15) is 6.04 Å². The van der Waals surface area contributed by atoms with Crippen molar-refractivity contribution in [2.75, 3.05) is 19.8 Å². The fourth-order valence-electron chi connectivity index (χ4n) is 3.60. The van der Waals surface area contributed by atoms with E-state index in [4.69, 9.17) is 16.2 Å². The topological polar surface area (TPSA) is 98.7 Å². The second-order valence-electron chi connectivity index (χ2n) is 6.93. The minimum atomic E-state index is -0.645. The monoisotopic (exact) mass is 297 g/mol. The Labute approximate surface area is 126 Å². The summed E-state index contributed by atoms with van der Waals surface area (Å²) >= 11 is 0. The van der Waals surface area contributed by atoms with E-state index in [-0.39, 0.29) is 35.8 Å². The third-order valence-corrected chi connectivity index (χ3v) is 5.54. The minimum absolute atomic E-state index is 0.0193. The van der Waals surface area contributed by atoms with Crippen molar-refractivity contribution in [3.8, 4) is 0 Å². The van der Waals surface area contributed by atoms with Crippen LogP contribution in [0.15, 0.2) is 0 Å². The molecule has 21 heavy (non-hydrogen) atoms. The Kier molecular flexibility index (Phi) is 4.58. The van der Waals surface area contributed by atoms with Crippen LogP contribution in [0.5, 0.6) is 0 Å². The van der Waals surface area contributed by atoms with E-state index in [0.717, 1.165) is 12.8 Å². The van der Waals surface area contributed by atoms with E-state index in [9.17, 15) is 9.59 Å². The molecule has 0 aromatic rings. The van der Waals surface area contributed by atoms with Gasteiger partial charge in [0, 0.05) is 18.5 Å². The highest BCUT2D eigenvalue weighted by molar-refractivity contribution is 5.88. The lowest BCUT2D eigenvalue weighted by Gasteiger charge is -2.48. The van der Waals surface area contributed by atoms with Gasteiger partial charge in [0.15, 0.2) is 0 Å². The van der Waals surface area contributed by atoms with Crippen LogP contribution in [0, 0.1) is 17.3 Å². The molecule has 0 spiro atoms. The third kappa shape index (κ3) is 2.92. The summed E-state index contributed by atoms with van der Waals surface area (Å²) in [5.41, 5.74) is 11.4. The molecule has 0 radical (unpaired) electrons. The van der Waals surface area contributed by atoms with E-state index < -0.39 is 11.9 Å². The summed E-state index contributed by atoms with van der Waals surface area (Å²) in [6, 6.07) is -0.520. The lowest BCUT2D eigenvalue weighted by molar-refractivity contribution is -0.156. The summed E-state index contributed by atoms with van der Waals surface area (Å²) < 4.78 is 5.29. The molecule has 2 aliphatic rings. The van der Waals surface area contributed by atoms with E-state index in [0.29, 0.717) is 13.2 Å².